The van der Waals surface area contributed by atoms with E-state index in [0.29, 0.717) is 6.61 Å². The summed E-state index contributed by atoms with van der Waals surface area (Å²) in [5.41, 5.74) is 0. The topological polar surface area (TPSA) is 26.3 Å². The minimum Gasteiger partial charge on any atom is -0.463 e. The third-order valence-corrected chi connectivity index (χ3v) is 0.630. The van der Waals surface area contributed by atoms with Crippen LogP contribution in [0.4, 0.5) is 4.39 Å². The number of hydrogen-bond acceptors (Lipinski definition) is 2. The highest BCUT2D eigenvalue weighted by molar-refractivity contribution is 5.81. The van der Waals surface area contributed by atoms with Gasteiger partial charge in [0, 0.05) is 6.08 Å². The van der Waals surface area contributed by atoms with Gasteiger partial charge in [-0.1, -0.05) is 0 Å². The molecule has 0 aliphatic rings. The van der Waals surface area contributed by atoms with Crippen LogP contribution < -0.4 is 0 Å². The molecule has 0 spiro atoms. The van der Waals surface area contributed by atoms with Gasteiger partial charge in [-0.15, -0.1) is 0 Å². The smallest absolute Gasteiger partial charge is 0.330 e. The van der Waals surface area contributed by atoms with Gasteiger partial charge in [0.1, 0.15) is 6.67 Å². The van der Waals surface area contributed by atoms with Crippen molar-refractivity contribution in [2.24, 2.45) is 0 Å². The second-order valence-electron chi connectivity index (χ2n) is 1.31. The van der Waals surface area contributed by atoms with Gasteiger partial charge < -0.3 is 4.74 Å². The number of halogens is 1. The molecule has 0 fully saturated rings. The minimum absolute atomic E-state index is 0.329. The van der Waals surface area contributed by atoms with Crippen molar-refractivity contribution >= 4 is 5.97 Å². The van der Waals surface area contributed by atoms with Crippen LogP contribution >= 0.6 is 0 Å². The lowest BCUT2D eigenvalue weighted by Crippen LogP contribution is -1.98. The highest BCUT2D eigenvalue weighted by Gasteiger charge is 1.90. The summed E-state index contributed by atoms with van der Waals surface area (Å²) in [6.45, 7) is 1.40. The fourth-order valence-corrected chi connectivity index (χ4v) is 0.331. The Kier molecular flexibility index (Phi) is 4.78. The second kappa shape index (κ2) is 5.28. The van der Waals surface area contributed by atoms with Crippen LogP contribution in [-0.2, 0) is 9.53 Å². The molecule has 0 amide bonds. The summed E-state index contributed by atoms with van der Waals surface area (Å²) in [6, 6.07) is 0. The van der Waals surface area contributed by atoms with Crippen LogP contribution in [0.25, 0.3) is 0 Å². The average Bonchev–Trinajstić information content (AvgIpc) is 1.85. The third kappa shape index (κ3) is 5.00. The fraction of sp³-hybridized carbons (Fsp3) is 0.500. The van der Waals surface area contributed by atoms with Crippen molar-refractivity contribution in [1.82, 2.24) is 0 Å². The van der Waals surface area contributed by atoms with Crippen LogP contribution in [0.3, 0.4) is 0 Å². The third-order valence-electron chi connectivity index (χ3n) is 0.630. The van der Waals surface area contributed by atoms with Crippen molar-refractivity contribution in [3.05, 3.63) is 12.2 Å². The first-order valence-electron chi connectivity index (χ1n) is 2.70. The normalized spacial score (nSPS) is 10.0. The predicted molar refractivity (Wildman–Crippen MR) is 31.7 cm³/mol. The maximum atomic E-state index is 11.3. The van der Waals surface area contributed by atoms with Crippen LogP contribution in [-0.4, -0.2) is 19.3 Å². The Morgan fingerprint density at radius 1 is 1.78 bits per heavy atom. The largest absolute Gasteiger partial charge is 0.463 e. The summed E-state index contributed by atoms with van der Waals surface area (Å²) < 4.78 is 15.8. The van der Waals surface area contributed by atoms with E-state index in [-0.39, 0.29) is 0 Å². The molecule has 0 aromatic heterocycles. The molecule has 2 nitrogen and oxygen atoms in total. The molecule has 0 bridgehead atoms. The molecule has 0 N–H and O–H groups in total. The highest BCUT2D eigenvalue weighted by Crippen LogP contribution is 1.80. The maximum Gasteiger partial charge on any atom is 0.330 e. The number of alkyl halides is 1. The Morgan fingerprint density at radius 2 is 2.44 bits per heavy atom. The van der Waals surface area contributed by atoms with E-state index in [9.17, 15) is 9.18 Å². The van der Waals surface area contributed by atoms with Gasteiger partial charge in [-0.05, 0) is 13.0 Å². The van der Waals surface area contributed by atoms with E-state index >= 15 is 0 Å². The molecule has 0 radical (unpaired) electrons. The van der Waals surface area contributed by atoms with Crippen molar-refractivity contribution in [3.63, 3.8) is 0 Å². The fourth-order valence-electron chi connectivity index (χ4n) is 0.331. The zero-order valence-corrected chi connectivity index (χ0v) is 5.26. The van der Waals surface area contributed by atoms with Crippen LogP contribution in [0.2, 0.25) is 0 Å². The lowest BCUT2D eigenvalue weighted by atomic mass is 10.5. The Bertz CT molecular complexity index is 110. The molecule has 0 atom stereocenters. The van der Waals surface area contributed by atoms with E-state index < -0.39 is 12.6 Å². The molecule has 3 heteroatoms. The first-order chi connectivity index (χ1) is 4.31. The molecule has 0 aliphatic heterocycles. The zero-order chi connectivity index (χ0) is 7.11. The second-order valence-corrected chi connectivity index (χ2v) is 1.31. The molecule has 0 saturated heterocycles. The van der Waals surface area contributed by atoms with Crippen molar-refractivity contribution < 1.29 is 13.9 Å². The Balaban J connectivity index is 3.37. The van der Waals surface area contributed by atoms with E-state index in [1.165, 1.54) is 0 Å². The SMILES string of the molecule is CCOC(=O)C=CCF. The van der Waals surface area contributed by atoms with Gasteiger partial charge in [0.15, 0.2) is 0 Å². The minimum atomic E-state index is -0.626. The maximum absolute atomic E-state index is 11.3. The van der Waals surface area contributed by atoms with Crippen LogP contribution in [0.15, 0.2) is 12.2 Å². The lowest BCUT2D eigenvalue weighted by molar-refractivity contribution is -0.137. The number of hydrogen-bond donors (Lipinski definition) is 0. The summed E-state index contributed by atoms with van der Waals surface area (Å²) >= 11 is 0. The molecule has 0 aromatic rings. The molecule has 0 unspecified atom stereocenters. The number of carbonyl (C=O) groups excluding carboxylic acids is 1. The molecule has 0 saturated carbocycles. The van der Waals surface area contributed by atoms with Gasteiger partial charge in [-0.25, -0.2) is 9.18 Å². The van der Waals surface area contributed by atoms with Crippen molar-refractivity contribution in [2.45, 2.75) is 6.92 Å². The summed E-state index contributed by atoms with van der Waals surface area (Å²) in [5.74, 6) is -0.491. The monoisotopic (exact) mass is 132 g/mol. The van der Waals surface area contributed by atoms with Gasteiger partial charge >= 0.3 is 5.97 Å². The van der Waals surface area contributed by atoms with E-state index in [0.717, 1.165) is 12.2 Å². The van der Waals surface area contributed by atoms with Gasteiger partial charge in [0.05, 0.1) is 6.61 Å². The predicted octanol–water partition coefficient (Wildman–Crippen LogP) is 1.08. The number of rotatable bonds is 3. The molecule has 0 heterocycles. The van der Waals surface area contributed by atoms with Crippen molar-refractivity contribution in [2.75, 3.05) is 13.3 Å². The number of ether oxygens (including phenoxy) is 1. The Labute approximate surface area is 53.3 Å². The summed E-state index contributed by atoms with van der Waals surface area (Å²) in [5, 5.41) is 0. The van der Waals surface area contributed by atoms with Crippen LogP contribution in [0.5, 0.6) is 0 Å². The van der Waals surface area contributed by atoms with E-state index in [2.05, 4.69) is 4.74 Å². The van der Waals surface area contributed by atoms with Crippen LogP contribution in [0.1, 0.15) is 6.92 Å². The van der Waals surface area contributed by atoms with E-state index in [1.807, 2.05) is 0 Å². The zero-order valence-electron chi connectivity index (χ0n) is 5.26. The average molecular weight is 132 g/mol. The van der Waals surface area contributed by atoms with Gasteiger partial charge in [0.25, 0.3) is 0 Å². The van der Waals surface area contributed by atoms with Gasteiger partial charge in [-0.2, -0.15) is 0 Å². The molecular formula is C6H9FO2. The number of allylic oxidation sites excluding steroid dienone is 1. The lowest BCUT2D eigenvalue weighted by Gasteiger charge is -1.92. The van der Waals surface area contributed by atoms with Gasteiger partial charge in [0.2, 0.25) is 0 Å². The van der Waals surface area contributed by atoms with Gasteiger partial charge in [-0.3, -0.25) is 0 Å². The number of esters is 1. The molecule has 0 aromatic carbocycles. The summed E-state index contributed by atoms with van der Waals surface area (Å²) in [7, 11) is 0. The summed E-state index contributed by atoms with van der Waals surface area (Å²) in [4.78, 5) is 10.3. The van der Waals surface area contributed by atoms with Crippen molar-refractivity contribution in [1.29, 1.82) is 0 Å². The Morgan fingerprint density at radius 3 is 2.89 bits per heavy atom. The Hall–Kier alpha value is -0.860. The summed E-state index contributed by atoms with van der Waals surface area (Å²) in [6.07, 6.45) is 2.18. The van der Waals surface area contributed by atoms with Crippen LogP contribution in [0, 0.1) is 0 Å². The van der Waals surface area contributed by atoms with E-state index in [4.69, 9.17) is 0 Å². The van der Waals surface area contributed by atoms with E-state index in [1.54, 1.807) is 6.92 Å². The number of carbonyl (C=O) groups is 1. The van der Waals surface area contributed by atoms with Crippen molar-refractivity contribution in [3.8, 4) is 0 Å². The molecule has 0 rings (SSSR count). The highest BCUT2D eigenvalue weighted by atomic mass is 19.1. The standard InChI is InChI=1S/C6H9FO2/c1-2-9-6(8)4-3-5-7/h3-4H,2,5H2,1H3. The molecule has 52 valence electrons. The first kappa shape index (κ1) is 8.14. The molecule has 0 aliphatic carbocycles. The first-order valence-corrected chi connectivity index (χ1v) is 2.70. The molecular weight excluding hydrogens is 123 g/mol. The quantitative estimate of drug-likeness (QED) is 0.424. The molecule has 9 heavy (non-hydrogen) atoms.